The molecule has 1 aromatic heterocycles. The third-order valence-electron chi connectivity index (χ3n) is 7.64. The fourth-order valence-electron chi connectivity index (χ4n) is 5.53. The van der Waals surface area contributed by atoms with Crippen LogP contribution < -0.4 is 10.1 Å². The highest BCUT2D eigenvalue weighted by Crippen LogP contribution is 2.61. The zero-order chi connectivity index (χ0) is 25.6. The minimum absolute atomic E-state index is 0.0613. The number of allylic oxidation sites excluding steroid dienone is 1. The first-order valence-corrected chi connectivity index (χ1v) is 12.6. The normalized spacial score (nSPS) is 26.4. The number of pyridine rings is 1. The van der Waals surface area contributed by atoms with Crippen molar-refractivity contribution in [3.63, 3.8) is 0 Å². The van der Waals surface area contributed by atoms with Gasteiger partial charge in [0.1, 0.15) is 12.4 Å². The lowest BCUT2D eigenvalue weighted by Crippen LogP contribution is -2.36. The third-order valence-corrected chi connectivity index (χ3v) is 7.64. The van der Waals surface area contributed by atoms with E-state index in [1.165, 1.54) is 6.07 Å². The molecule has 0 amide bonds. The van der Waals surface area contributed by atoms with Gasteiger partial charge in [0, 0.05) is 42.1 Å². The van der Waals surface area contributed by atoms with E-state index in [-0.39, 0.29) is 42.1 Å². The molecule has 1 fully saturated rings. The van der Waals surface area contributed by atoms with Crippen molar-refractivity contribution < 1.29 is 28.9 Å². The molecule has 1 saturated carbocycles. The van der Waals surface area contributed by atoms with Gasteiger partial charge in [-0.2, -0.15) is 0 Å². The summed E-state index contributed by atoms with van der Waals surface area (Å²) >= 11 is 0. The number of hydrogen-bond acceptors (Lipinski definition) is 6. The summed E-state index contributed by atoms with van der Waals surface area (Å²) in [4.78, 5) is 15.6. The molecule has 8 heteroatoms. The SMILES string of the molecule is C[C@H]1NC(OCCC(C)(C)O)=CC[C@H]1c1ccc(F)c(COc2cc3c(cn2)C2C(C3)C2C(=O)O)c1. The van der Waals surface area contributed by atoms with Gasteiger partial charge < -0.3 is 25.0 Å². The fourth-order valence-corrected chi connectivity index (χ4v) is 5.53. The maximum absolute atomic E-state index is 14.6. The maximum atomic E-state index is 14.6. The number of ether oxygens (including phenoxy) is 2. The Labute approximate surface area is 210 Å². The highest BCUT2D eigenvalue weighted by molar-refractivity contribution is 5.77. The van der Waals surface area contributed by atoms with E-state index < -0.39 is 11.6 Å². The Balaban J connectivity index is 1.20. The quantitative estimate of drug-likeness (QED) is 0.477. The number of carboxylic acids is 1. The van der Waals surface area contributed by atoms with Gasteiger partial charge in [-0.15, -0.1) is 0 Å². The molecule has 7 nitrogen and oxygen atoms in total. The second-order valence-corrected chi connectivity index (χ2v) is 10.9. The van der Waals surface area contributed by atoms with E-state index in [4.69, 9.17) is 9.47 Å². The summed E-state index contributed by atoms with van der Waals surface area (Å²) in [6.45, 7) is 6.07. The van der Waals surface area contributed by atoms with Crippen LogP contribution in [-0.2, 0) is 22.6 Å². The number of benzene rings is 1. The van der Waals surface area contributed by atoms with Gasteiger partial charge in [0.05, 0.1) is 18.1 Å². The Morgan fingerprint density at radius 2 is 2.08 bits per heavy atom. The predicted molar refractivity (Wildman–Crippen MR) is 131 cm³/mol. The largest absolute Gasteiger partial charge is 0.481 e. The molecule has 0 saturated heterocycles. The Morgan fingerprint density at radius 3 is 2.81 bits per heavy atom. The van der Waals surface area contributed by atoms with Crippen LogP contribution in [0.25, 0.3) is 0 Å². The number of nitrogens with one attached hydrogen (secondary N) is 1. The molecule has 0 spiro atoms. The highest BCUT2D eigenvalue weighted by Gasteiger charge is 2.59. The van der Waals surface area contributed by atoms with E-state index in [1.807, 2.05) is 24.3 Å². The number of halogens is 1. The van der Waals surface area contributed by atoms with Crippen LogP contribution in [0.3, 0.4) is 0 Å². The van der Waals surface area contributed by atoms with Crippen LogP contribution in [0.5, 0.6) is 5.88 Å². The molecule has 0 radical (unpaired) electrons. The van der Waals surface area contributed by atoms with E-state index in [0.717, 1.165) is 29.5 Å². The molecule has 3 aliphatic rings. The van der Waals surface area contributed by atoms with Gasteiger partial charge >= 0.3 is 5.97 Å². The van der Waals surface area contributed by atoms with E-state index >= 15 is 0 Å². The van der Waals surface area contributed by atoms with Gasteiger partial charge in [-0.3, -0.25) is 4.79 Å². The average Bonchev–Trinajstić information content (AvgIpc) is 3.40. The van der Waals surface area contributed by atoms with Crippen LogP contribution >= 0.6 is 0 Å². The van der Waals surface area contributed by atoms with Crippen molar-refractivity contribution in [1.82, 2.24) is 10.3 Å². The molecular weight excluding hydrogens is 463 g/mol. The number of aromatic nitrogens is 1. The molecule has 0 bridgehead atoms. The monoisotopic (exact) mass is 496 g/mol. The van der Waals surface area contributed by atoms with Gasteiger partial charge in [0.25, 0.3) is 0 Å². The van der Waals surface area contributed by atoms with Crippen molar-refractivity contribution in [2.75, 3.05) is 6.61 Å². The Bertz CT molecular complexity index is 1190. The summed E-state index contributed by atoms with van der Waals surface area (Å²) in [5, 5.41) is 22.5. The molecule has 2 heterocycles. The van der Waals surface area contributed by atoms with E-state index in [0.29, 0.717) is 30.4 Å². The van der Waals surface area contributed by atoms with Crippen LogP contribution in [0.1, 0.15) is 67.7 Å². The molecule has 3 unspecified atom stereocenters. The third kappa shape index (κ3) is 5.05. The molecular formula is C28H33FN2O5. The van der Waals surface area contributed by atoms with E-state index in [2.05, 4.69) is 17.2 Å². The van der Waals surface area contributed by atoms with E-state index in [9.17, 15) is 19.4 Å². The van der Waals surface area contributed by atoms with Crippen LogP contribution in [0.4, 0.5) is 4.39 Å². The minimum Gasteiger partial charge on any atom is -0.481 e. The van der Waals surface area contributed by atoms with Crippen molar-refractivity contribution in [1.29, 1.82) is 0 Å². The number of carbonyl (C=O) groups is 1. The molecule has 36 heavy (non-hydrogen) atoms. The zero-order valence-electron chi connectivity index (χ0n) is 20.8. The summed E-state index contributed by atoms with van der Waals surface area (Å²) in [6.07, 6.45) is 5.73. The van der Waals surface area contributed by atoms with Crippen LogP contribution in [-0.4, -0.2) is 39.4 Å². The van der Waals surface area contributed by atoms with Crippen LogP contribution in [0.2, 0.25) is 0 Å². The minimum atomic E-state index is -0.769. The smallest absolute Gasteiger partial charge is 0.307 e. The molecule has 5 rings (SSSR count). The second-order valence-electron chi connectivity index (χ2n) is 10.9. The summed E-state index contributed by atoms with van der Waals surface area (Å²) in [7, 11) is 0. The van der Waals surface area contributed by atoms with Gasteiger partial charge in [-0.1, -0.05) is 6.07 Å². The van der Waals surface area contributed by atoms with Gasteiger partial charge in [0.15, 0.2) is 5.88 Å². The van der Waals surface area contributed by atoms with Crippen LogP contribution in [0.15, 0.2) is 42.4 Å². The number of hydrogen-bond donors (Lipinski definition) is 3. The first-order chi connectivity index (χ1) is 17.1. The Kier molecular flexibility index (Phi) is 6.41. The number of carboxylic acid groups (broad SMARTS) is 1. The number of rotatable bonds is 9. The Hall–Kier alpha value is -3.13. The van der Waals surface area contributed by atoms with Crippen molar-refractivity contribution >= 4 is 5.97 Å². The molecule has 1 aromatic carbocycles. The van der Waals surface area contributed by atoms with Crippen molar-refractivity contribution in [3.05, 3.63) is 70.5 Å². The number of aliphatic hydroxyl groups is 1. The first kappa shape index (κ1) is 24.6. The maximum Gasteiger partial charge on any atom is 0.307 e. The van der Waals surface area contributed by atoms with E-state index in [1.54, 1.807) is 20.0 Å². The lowest BCUT2D eigenvalue weighted by Gasteiger charge is -2.31. The van der Waals surface area contributed by atoms with Gasteiger partial charge in [0.2, 0.25) is 5.88 Å². The molecule has 3 N–H and O–H groups in total. The van der Waals surface area contributed by atoms with Gasteiger partial charge in [-0.25, -0.2) is 9.37 Å². The molecule has 2 aliphatic carbocycles. The predicted octanol–water partition coefficient (Wildman–Crippen LogP) is 4.25. The fraction of sp³-hybridized carbons (Fsp3) is 0.500. The van der Waals surface area contributed by atoms with Crippen LogP contribution in [0, 0.1) is 17.7 Å². The summed E-state index contributed by atoms with van der Waals surface area (Å²) in [5.41, 5.74) is 2.80. The van der Waals surface area contributed by atoms with Crippen molar-refractivity contribution in [2.24, 2.45) is 11.8 Å². The highest BCUT2D eigenvalue weighted by atomic mass is 19.1. The van der Waals surface area contributed by atoms with Crippen molar-refractivity contribution in [3.8, 4) is 5.88 Å². The molecule has 5 atom stereocenters. The number of aliphatic carboxylic acids is 1. The van der Waals surface area contributed by atoms with Crippen molar-refractivity contribution in [2.45, 2.75) is 70.1 Å². The summed E-state index contributed by atoms with van der Waals surface area (Å²) in [6, 6.07) is 7.10. The molecule has 192 valence electrons. The summed E-state index contributed by atoms with van der Waals surface area (Å²) < 4.78 is 26.2. The summed E-state index contributed by atoms with van der Waals surface area (Å²) in [5.74, 6) is 0.172. The molecule has 2 aromatic rings. The lowest BCUT2D eigenvalue weighted by molar-refractivity contribution is -0.139. The Morgan fingerprint density at radius 1 is 1.28 bits per heavy atom. The number of fused-ring (bicyclic) bond motifs is 3. The second kappa shape index (κ2) is 9.39. The standard InChI is InChI=1S/C28H33FN2O5/c1-15-19(5-7-23(31-15)35-9-8-28(2,3)34)16-4-6-22(29)18(10-16)14-36-24-12-17-11-20-25(21(17)13-30-24)26(20)27(32)33/h4,6-7,10,12-13,15,19-20,25-26,31,34H,5,8-9,11,14H2,1-3H3,(H,32,33)/t15-,19-,20?,25?,26?/m1/s1. The average molecular weight is 497 g/mol. The lowest BCUT2D eigenvalue weighted by atomic mass is 9.86. The molecule has 1 aliphatic heterocycles. The topological polar surface area (TPSA) is 101 Å². The van der Waals surface area contributed by atoms with Gasteiger partial charge in [-0.05, 0) is 74.4 Å². The first-order valence-electron chi connectivity index (χ1n) is 12.6. The zero-order valence-corrected chi connectivity index (χ0v) is 20.8. The number of nitrogens with zero attached hydrogens (tertiary/aromatic N) is 1.